The van der Waals surface area contributed by atoms with E-state index >= 15 is 0 Å². The Morgan fingerprint density at radius 1 is 0.854 bits per heavy atom. The lowest BCUT2D eigenvalue weighted by atomic mass is 9.94. The smallest absolute Gasteiger partial charge is 0.433 e. The fraction of sp³-hybridized carbons (Fsp3) is 0.389. The van der Waals surface area contributed by atoms with Crippen molar-refractivity contribution in [3.8, 4) is 11.5 Å². The van der Waals surface area contributed by atoms with E-state index in [-0.39, 0.29) is 37.3 Å². The molecule has 2 aliphatic heterocycles. The van der Waals surface area contributed by atoms with Gasteiger partial charge in [-0.25, -0.2) is 4.79 Å². The number of nitrogens with one attached hydrogen (secondary N) is 1. The molecule has 3 aromatic carbocycles. The monoisotopic (exact) mass is 658 g/mol. The average molecular weight is 659 g/mol. The highest BCUT2D eigenvalue weighted by atomic mass is 16.7. The van der Waals surface area contributed by atoms with Gasteiger partial charge in [0.2, 0.25) is 11.8 Å². The van der Waals surface area contributed by atoms with Crippen LogP contribution in [0.25, 0.3) is 0 Å². The summed E-state index contributed by atoms with van der Waals surface area (Å²) in [5, 5.41) is 33.7. The van der Waals surface area contributed by atoms with Gasteiger partial charge < -0.3 is 30.4 Å². The highest BCUT2D eigenvalue weighted by molar-refractivity contribution is 5.95. The van der Waals surface area contributed by atoms with Gasteiger partial charge in [-0.3, -0.25) is 19.2 Å². The number of carbonyl (C=O) groups excluding carboxylic acids is 3. The van der Waals surface area contributed by atoms with Crippen LogP contribution in [0.3, 0.4) is 0 Å². The minimum Gasteiger partial charge on any atom is -0.508 e. The molecule has 2 aliphatic rings. The van der Waals surface area contributed by atoms with Crippen molar-refractivity contribution in [3.63, 3.8) is 0 Å². The predicted octanol–water partition coefficient (Wildman–Crippen LogP) is 3.71. The summed E-state index contributed by atoms with van der Waals surface area (Å²) in [6, 6.07) is 19.3. The maximum atomic E-state index is 14.6. The summed E-state index contributed by atoms with van der Waals surface area (Å²) >= 11 is 0. The molecule has 4 atom stereocenters. The third-order valence-corrected chi connectivity index (χ3v) is 8.75. The molecule has 2 fully saturated rings. The minimum absolute atomic E-state index is 0.00526. The van der Waals surface area contributed by atoms with Crippen molar-refractivity contribution >= 4 is 23.8 Å². The fourth-order valence-electron chi connectivity index (χ4n) is 6.26. The Balaban J connectivity index is 1.52. The minimum atomic E-state index is -1.44. The lowest BCUT2D eigenvalue weighted by Crippen LogP contribution is -2.75. The van der Waals surface area contributed by atoms with E-state index in [1.165, 1.54) is 34.1 Å². The number of hydroxylamine groups is 2. The number of benzene rings is 3. The molecule has 4 amide bonds. The van der Waals surface area contributed by atoms with Crippen molar-refractivity contribution in [2.45, 2.75) is 70.3 Å². The van der Waals surface area contributed by atoms with Gasteiger partial charge in [0.25, 0.3) is 5.91 Å². The third-order valence-electron chi connectivity index (χ3n) is 8.75. The van der Waals surface area contributed by atoms with E-state index in [1.807, 2.05) is 6.07 Å². The molecule has 2 saturated heterocycles. The first-order chi connectivity index (χ1) is 23.0. The van der Waals surface area contributed by atoms with E-state index in [0.29, 0.717) is 23.6 Å². The van der Waals surface area contributed by atoms with Crippen LogP contribution in [-0.2, 0) is 38.5 Å². The first kappa shape index (κ1) is 34.2. The number of hydrogen-bond donors (Lipinski definition) is 4. The van der Waals surface area contributed by atoms with Crippen molar-refractivity contribution < 1.29 is 39.3 Å². The summed E-state index contributed by atoms with van der Waals surface area (Å²) < 4.78 is 0. The summed E-state index contributed by atoms with van der Waals surface area (Å²) in [6.07, 6.45) is -2.09. The SMILES string of the molecule is CC(C)CCCNC(=O)C(Cc1ccc(O)cc1)N1CC2N(C(=O)O)O[C@H](Cc3ccccc3)C(=O)N2[C@@H](Cc2ccc(O)cc2)C1=O. The van der Waals surface area contributed by atoms with E-state index in [4.69, 9.17) is 4.84 Å². The number of hydrogen-bond acceptors (Lipinski definition) is 7. The lowest BCUT2D eigenvalue weighted by molar-refractivity contribution is -0.265. The zero-order valence-corrected chi connectivity index (χ0v) is 27.1. The van der Waals surface area contributed by atoms with Crippen molar-refractivity contribution in [2.75, 3.05) is 13.1 Å². The second-order valence-electron chi connectivity index (χ2n) is 12.7. The Kier molecular flexibility index (Phi) is 10.8. The molecule has 0 spiro atoms. The number of nitrogens with zero attached hydrogens (tertiary/aromatic N) is 3. The molecule has 12 nitrogen and oxygen atoms in total. The molecule has 0 aliphatic carbocycles. The van der Waals surface area contributed by atoms with Crippen LogP contribution >= 0.6 is 0 Å². The van der Waals surface area contributed by atoms with Gasteiger partial charge in [0.15, 0.2) is 12.3 Å². The Hall–Kier alpha value is -5.10. The van der Waals surface area contributed by atoms with Gasteiger partial charge in [-0.1, -0.05) is 68.4 Å². The van der Waals surface area contributed by atoms with Crippen LogP contribution in [0.4, 0.5) is 4.79 Å². The Morgan fingerprint density at radius 2 is 1.46 bits per heavy atom. The summed E-state index contributed by atoms with van der Waals surface area (Å²) in [4.78, 5) is 63.8. The number of phenolic OH excluding ortho intramolecular Hbond substituents is 2. The number of carbonyl (C=O) groups is 4. The average Bonchev–Trinajstić information content (AvgIpc) is 3.06. The van der Waals surface area contributed by atoms with Crippen molar-refractivity contribution in [2.24, 2.45) is 5.92 Å². The van der Waals surface area contributed by atoms with Crippen LogP contribution in [0.1, 0.15) is 43.4 Å². The molecule has 0 saturated carbocycles. The zero-order chi connectivity index (χ0) is 34.4. The second kappa shape index (κ2) is 15.2. The molecule has 0 aromatic heterocycles. The Bertz CT molecular complexity index is 1580. The molecule has 12 heteroatoms. The van der Waals surface area contributed by atoms with Crippen LogP contribution in [0.15, 0.2) is 78.9 Å². The van der Waals surface area contributed by atoms with Crippen LogP contribution in [0.5, 0.6) is 11.5 Å². The number of carboxylic acid groups (broad SMARTS) is 1. The van der Waals surface area contributed by atoms with E-state index in [2.05, 4.69) is 19.2 Å². The molecule has 254 valence electrons. The molecule has 4 N–H and O–H groups in total. The van der Waals surface area contributed by atoms with E-state index in [0.717, 1.165) is 23.5 Å². The van der Waals surface area contributed by atoms with Gasteiger partial charge in [0, 0.05) is 25.8 Å². The predicted molar refractivity (Wildman–Crippen MR) is 176 cm³/mol. The number of amides is 4. The first-order valence-electron chi connectivity index (χ1n) is 16.2. The van der Waals surface area contributed by atoms with Crippen LogP contribution < -0.4 is 5.32 Å². The normalized spacial score (nSPS) is 20.1. The van der Waals surface area contributed by atoms with Crippen molar-refractivity contribution in [1.82, 2.24) is 20.2 Å². The largest absolute Gasteiger partial charge is 0.508 e. The Labute approximate surface area is 279 Å². The van der Waals surface area contributed by atoms with Gasteiger partial charge in [-0.15, -0.1) is 0 Å². The van der Waals surface area contributed by atoms with Gasteiger partial charge in [-0.05, 0) is 59.7 Å². The van der Waals surface area contributed by atoms with Crippen molar-refractivity contribution in [3.05, 3.63) is 95.6 Å². The van der Waals surface area contributed by atoms with E-state index in [1.54, 1.807) is 48.5 Å². The fourth-order valence-corrected chi connectivity index (χ4v) is 6.26. The summed E-state index contributed by atoms with van der Waals surface area (Å²) in [5.41, 5.74) is 2.05. The second-order valence-corrected chi connectivity index (χ2v) is 12.7. The summed E-state index contributed by atoms with van der Waals surface area (Å²) in [5.74, 6) is -0.942. The number of phenols is 2. The molecular formula is C36H42N4O8. The topological polar surface area (TPSA) is 160 Å². The number of aromatic hydroxyl groups is 2. The number of piperazine rings is 1. The molecular weight excluding hydrogens is 616 g/mol. The third kappa shape index (κ3) is 8.06. The molecule has 0 radical (unpaired) electrons. The number of rotatable bonds is 12. The van der Waals surface area contributed by atoms with Crippen molar-refractivity contribution in [1.29, 1.82) is 0 Å². The highest BCUT2D eigenvalue weighted by Gasteiger charge is 2.54. The highest BCUT2D eigenvalue weighted by Crippen LogP contribution is 2.32. The quantitative estimate of drug-likeness (QED) is 0.214. The molecule has 0 bridgehead atoms. The summed E-state index contributed by atoms with van der Waals surface area (Å²) in [7, 11) is 0. The van der Waals surface area contributed by atoms with E-state index in [9.17, 15) is 34.5 Å². The number of fused-ring (bicyclic) bond motifs is 1. The first-order valence-corrected chi connectivity index (χ1v) is 16.2. The molecule has 2 unspecified atom stereocenters. The van der Waals surface area contributed by atoms with Gasteiger partial charge >= 0.3 is 6.09 Å². The van der Waals surface area contributed by atoms with Gasteiger partial charge in [0.05, 0.1) is 6.54 Å². The summed E-state index contributed by atoms with van der Waals surface area (Å²) in [6.45, 7) is 4.27. The molecule has 3 aromatic rings. The molecule has 5 rings (SSSR count). The van der Waals surface area contributed by atoms with Gasteiger partial charge in [0.1, 0.15) is 23.6 Å². The van der Waals surface area contributed by atoms with Crippen LogP contribution in [0.2, 0.25) is 0 Å². The van der Waals surface area contributed by atoms with Gasteiger partial charge in [-0.2, -0.15) is 5.06 Å². The maximum absolute atomic E-state index is 14.6. The van der Waals surface area contributed by atoms with Crippen LogP contribution in [0, 0.1) is 5.92 Å². The Morgan fingerprint density at radius 3 is 2.06 bits per heavy atom. The maximum Gasteiger partial charge on any atom is 0.433 e. The molecule has 48 heavy (non-hydrogen) atoms. The van der Waals surface area contributed by atoms with Crippen LogP contribution in [-0.4, -0.2) is 91.4 Å². The standard InChI is InChI=1S/C36H42N4O8/c1-23(2)7-6-18-37-33(43)29(19-25-10-14-27(41)15-11-25)38-22-32-39(30(34(38)44)20-26-12-16-28(42)17-13-26)35(45)31(48-40(32)36(46)47)21-24-8-4-3-5-9-24/h3-5,8-17,23,29-32,41-42H,6-7,18-22H2,1-2H3,(H,37,43)(H,46,47)/t29?,30-,31+,32?/m0/s1. The lowest BCUT2D eigenvalue weighted by Gasteiger charge is -2.53. The zero-order valence-electron chi connectivity index (χ0n) is 27.1. The van der Waals surface area contributed by atoms with E-state index < -0.39 is 48.2 Å². The molecule has 2 heterocycles.